The van der Waals surface area contributed by atoms with Crippen LogP contribution in [0.15, 0.2) is 47.4 Å². The van der Waals surface area contributed by atoms with E-state index in [-0.39, 0.29) is 4.90 Å². The zero-order chi connectivity index (χ0) is 14.6. The number of benzene rings is 1. The van der Waals surface area contributed by atoms with Crippen molar-refractivity contribution in [2.45, 2.75) is 11.3 Å². The Kier molecular flexibility index (Phi) is 4.21. The Morgan fingerprint density at radius 2 is 1.80 bits per heavy atom. The number of hydrogen-bond acceptors (Lipinski definition) is 5. The van der Waals surface area contributed by atoms with E-state index in [1.807, 2.05) is 12.1 Å². The molecule has 0 amide bonds. The molecule has 1 aromatic heterocycles. The molecule has 0 bridgehead atoms. The third-order valence-electron chi connectivity index (χ3n) is 2.74. The Balaban J connectivity index is 1.92. The minimum absolute atomic E-state index is 0.117. The van der Waals surface area contributed by atoms with E-state index < -0.39 is 10.0 Å². The fourth-order valence-corrected chi connectivity index (χ4v) is 2.25. The smallest absolute Gasteiger partial charge is 0.238 e. The second kappa shape index (κ2) is 5.89. The number of sulfonamides is 1. The fraction of sp³-hybridized carbons (Fsp3) is 0.154. The number of nitrogens with two attached hydrogens (primary N) is 2. The first kappa shape index (κ1) is 14.3. The van der Waals surface area contributed by atoms with Crippen LogP contribution in [0.25, 0.3) is 0 Å². The third kappa shape index (κ3) is 3.94. The van der Waals surface area contributed by atoms with Crippen LogP contribution in [-0.4, -0.2) is 19.9 Å². The highest BCUT2D eigenvalue weighted by atomic mass is 32.2. The van der Waals surface area contributed by atoms with Gasteiger partial charge in [-0.1, -0.05) is 18.2 Å². The summed E-state index contributed by atoms with van der Waals surface area (Å²) in [4.78, 5) is 4.24. The number of aromatic nitrogens is 1. The molecule has 0 aliphatic rings. The number of nitrogens with zero attached hydrogens (tertiary/aromatic N) is 1. The molecule has 0 atom stereocenters. The van der Waals surface area contributed by atoms with E-state index in [0.717, 1.165) is 12.0 Å². The summed E-state index contributed by atoms with van der Waals surface area (Å²) >= 11 is 0. The predicted molar refractivity (Wildman–Crippen MR) is 78.7 cm³/mol. The average molecular weight is 292 g/mol. The molecule has 0 aliphatic carbocycles. The predicted octanol–water partition coefficient (Wildman–Crippen LogP) is 0.966. The minimum atomic E-state index is -3.63. The Morgan fingerprint density at radius 1 is 1.10 bits per heavy atom. The van der Waals surface area contributed by atoms with Crippen molar-refractivity contribution in [3.63, 3.8) is 0 Å². The van der Waals surface area contributed by atoms with Crippen LogP contribution < -0.4 is 16.2 Å². The maximum Gasteiger partial charge on any atom is 0.238 e. The summed E-state index contributed by atoms with van der Waals surface area (Å²) in [5.74, 6) is 1.18. The Bertz CT molecular complexity index is 684. The second-order valence-corrected chi connectivity index (χ2v) is 5.87. The summed E-state index contributed by atoms with van der Waals surface area (Å²) in [6.07, 6.45) is 0.737. The van der Waals surface area contributed by atoms with Crippen LogP contribution in [0.3, 0.4) is 0 Å². The lowest BCUT2D eigenvalue weighted by Crippen LogP contribution is -2.12. The number of anilines is 2. The lowest BCUT2D eigenvalue weighted by molar-refractivity contribution is 0.598. The zero-order valence-corrected chi connectivity index (χ0v) is 11.6. The van der Waals surface area contributed by atoms with Gasteiger partial charge in [-0.2, -0.15) is 0 Å². The molecule has 5 N–H and O–H groups in total. The van der Waals surface area contributed by atoms with Gasteiger partial charge < -0.3 is 11.1 Å². The molecule has 0 spiro atoms. The van der Waals surface area contributed by atoms with Crippen LogP contribution in [0, 0.1) is 0 Å². The Labute approximate surface area is 117 Å². The quantitative estimate of drug-likeness (QED) is 0.760. The van der Waals surface area contributed by atoms with Crippen LogP contribution in [-0.2, 0) is 16.4 Å². The van der Waals surface area contributed by atoms with E-state index in [9.17, 15) is 8.42 Å². The van der Waals surface area contributed by atoms with Crippen LogP contribution in [0.1, 0.15) is 5.56 Å². The van der Waals surface area contributed by atoms with E-state index in [0.29, 0.717) is 18.2 Å². The lowest BCUT2D eigenvalue weighted by atomic mass is 10.1. The van der Waals surface area contributed by atoms with Crippen molar-refractivity contribution in [1.82, 2.24) is 4.98 Å². The molecular formula is C13H16N4O2S. The molecule has 0 unspecified atom stereocenters. The standard InChI is InChI=1S/C13H16N4O2S/c14-12-2-1-3-13(17-12)16-9-8-10-4-6-11(7-5-10)20(15,18)19/h1-7H,8-9H2,(H3,14,16,17)(H2,15,18,19). The van der Waals surface area contributed by atoms with Gasteiger partial charge in [0.2, 0.25) is 10.0 Å². The highest BCUT2D eigenvalue weighted by Crippen LogP contribution is 2.10. The molecule has 0 radical (unpaired) electrons. The summed E-state index contributed by atoms with van der Waals surface area (Å²) in [6.45, 7) is 0.672. The normalized spacial score (nSPS) is 11.2. The van der Waals surface area contributed by atoms with E-state index in [1.54, 1.807) is 18.2 Å². The molecule has 7 heteroatoms. The molecule has 1 heterocycles. The molecule has 106 valence electrons. The molecule has 1 aromatic carbocycles. The van der Waals surface area contributed by atoms with Crippen molar-refractivity contribution in [1.29, 1.82) is 0 Å². The van der Waals surface area contributed by atoms with Crippen LogP contribution in [0.4, 0.5) is 11.6 Å². The summed E-state index contributed by atoms with van der Waals surface area (Å²) in [7, 11) is -3.63. The lowest BCUT2D eigenvalue weighted by Gasteiger charge is -2.06. The van der Waals surface area contributed by atoms with Crippen molar-refractivity contribution in [3.8, 4) is 0 Å². The van der Waals surface area contributed by atoms with Gasteiger partial charge in [-0.05, 0) is 36.2 Å². The van der Waals surface area contributed by atoms with Crippen LogP contribution in [0.5, 0.6) is 0 Å². The van der Waals surface area contributed by atoms with Crippen molar-refractivity contribution >= 4 is 21.7 Å². The maximum atomic E-state index is 11.1. The first-order valence-electron chi connectivity index (χ1n) is 6.03. The number of hydrogen-bond donors (Lipinski definition) is 3. The van der Waals surface area contributed by atoms with Gasteiger partial charge in [0.1, 0.15) is 11.6 Å². The molecule has 2 rings (SSSR count). The summed E-state index contributed by atoms with van der Waals surface area (Å²) in [5, 5.41) is 8.18. The molecular weight excluding hydrogens is 276 g/mol. The molecule has 0 aliphatic heterocycles. The van der Waals surface area contributed by atoms with Gasteiger partial charge in [0, 0.05) is 6.54 Å². The fourth-order valence-electron chi connectivity index (χ4n) is 1.73. The number of pyridine rings is 1. The van der Waals surface area contributed by atoms with E-state index in [4.69, 9.17) is 10.9 Å². The Morgan fingerprint density at radius 3 is 2.40 bits per heavy atom. The number of nitrogens with one attached hydrogen (secondary N) is 1. The van der Waals surface area contributed by atoms with Crippen LogP contribution in [0.2, 0.25) is 0 Å². The SMILES string of the molecule is Nc1cccc(NCCc2ccc(S(N)(=O)=O)cc2)n1. The maximum absolute atomic E-state index is 11.1. The van der Waals surface area contributed by atoms with Crippen molar-refractivity contribution in [3.05, 3.63) is 48.0 Å². The summed E-state index contributed by atoms with van der Waals surface area (Å²) in [6, 6.07) is 11.9. The summed E-state index contributed by atoms with van der Waals surface area (Å²) in [5.41, 5.74) is 6.59. The minimum Gasteiger partial charge on any atom is -0.384 e. The number of primary sulfonamides is 1. The van der Waals surface area contributed by atoms with E-state index >= 15 is 0 Å². The van der Waals surface area contributed by atoms with Gasteiger partial charge in [0.05, 0.1) is 4.90 Å². The number of rotatable bonds is 5. The van der Waals surface area contributed by atoms with Gasteiger partial charge in [0.15, 0.2) is 0 Å². The second-order valence-electron chi connectivity index (χ2n) is 4.31. The largest absolute Gasteiger partial charge is 0.384 e. The van der Waals surface area contributed by atoms with Crippen molar-refractivity contribution < 1.29 is 8.42 Å². The zero-order valence-electron chi connectivity index (χ0n) is 10.8. The van der Waals surface area contributed by atoms with Crippen molar-refractivity contribution in [2.24, 2.45) is 5.14 Å². The van der Waals surface area contributed by atoms with E-state index in [2.05, 4.69) is 10.3 Å². The molecule has 2 aromatic rings. The first-order valence-corrected chi connectivity index (χ1v) is 7.58. The van der Waals surface area contributed by atoms with Gasteiger partial charge in [-0.3, -0.25) is 0 Å². The van der Waals surface area contributed by atoms with E-state index in [1.165, 1.54) is 12.1 Å². The first-order chi connectivity index (χ1) is 9.45. The highest BCUT2D eigenvalue weighted by molar-refractivity contribution is 7.89. The molecule has 0 fully saturated rings. The topological polar surface area (TPSA) is 111 Å². The molecule has 20 heavy (non-hydrogen) atoms. The van der Waals surface area contributed by atoms with Crippen molar-refractivity contribution in [2.75, 3.05) is 17.6 Å². The summed E-state index contributed by atoms with van der Waals surface area (Å²) < 4.78 is 22.2. The van der Waals surface area contributed by atoms with Crippen LogP contribution >= 0.6 is 0 Å². The van der Waals surface area contributed by atoms with Gasteiger partial charge >= 0.3 is 0 Å². The van der Waals surface area contributed by atoms with Gasteiger partial charge in [0.25, 0.3) is 0 Å². The highest BCUT2D eigenvalue weighted by Gasteiger charge is 2.06. The molecule has 0 saturated heterocycles. The average Bonchev–Trinajstić information content (AvgIpc) is 2.38. The molecule has 6 nitrogen and oxygen atoms in total. The molecule has 0 saturated carbocycles. The third-order valence-corrected chi connectivity index (χ3v) is 3.67. The van der Waals surface area contributed by atoms with Gasteiger partial charge in [-0.15, -0.1) is 0 Å². The van der Waals surface area contributed by atoms with Gasteiger partial charge in [-0.25, -0.2) is 18.5 Å². The monoisotopic (exact) mass is 292 g/mol. The Hall–Kier alpha value is -2.12. The number of nitrogen functional groups attached to an aromatic ring is 1.